The molecule has 0 heterocycles. The molecule has 7 nitrogen and oxygen atoms in total. The summed E-state index contributed by atoms with van der Waals surface area (Å²) in [5.74, 6) is -0.715. The van der Waals surface area contributed by atoms with Crippen molar-refractivity contribution < 1.29 is 32.0 Å². The highest BCUT2D eigenvalue weighted by Crippen LogP contribution is 2.37. The number of nitrogens with two attached hydrogens (primary N) is 2. The van der Waals surface area contributed by atoms with Crippen LogP contribution >= 0.6 is 0 Å². The summed E-state index contributed by atoms with van der Waals surface area (Å²) in [6.45, 7) is 0. The van der Waals surface area contributed by atoms with E-state index in [2.05, 4.69) is 10.1 Å². The number of methoxy groups -OCH3 is 1. The van der Waals surface area contributed by atoms with Crippen molar-refractivity contribution in [2.45, 2.75) is 11.3 Å². The van der Waals surface area contributed by atoms with Crippen LogP contribution in [0.15, 0.2) is 65.6 Å². The second-order valence-corrected chi connectivity index (χ2v) is 7.50. The first-order chi connectivity index (χ1) is 15.1. The van der Waals surface area contributed by atoms with Gasteiger partial charge in [0.15, 0.2) is 5.75 Å². The maximum absolute atomic E-state index is 12.7. The van der Waals surface area contributed by atoms with Crippen LogP contribution in [0, 0.1) is 0 Å². The number of carbonyl (C=O) groups excluding carboxylic acids is 1. The van der Waals surface area contributed by atoms with Gasteiger partial charge in [0, 0.05) is 28.1 Å². The van der Waals surface area contributed by atoms with Gasteiger partial charge < -0.3 is 25.1 Å². The van der Waals surface area contributed by atoms with Gasteiger partial charge in [0.25, 0.3) is 5.91 Å². The van der Waals surface area contributed by atoms with Crippen molar-refractivity contribution in [2.75, 3.05) is 18.2 Å². The minimum Gasteiger partial charge on any atom is -0.593 e. The van der Waals surface area contributed by atoms with Crippen LogP contribution in [0.2, 0.25) is 0 Å². The Hall–Kier alpha value is -3.41. The summed E-state index contributed by atoms with van der Waals surface area (Å²) in [6, 6.07) is 14.2. The zero-order valence-corrected chi connectivity index (χ0v) is 17.4. The Bertz CT molecular complexity index is 1140. The highest BCUT2D eigenvalue weighted by atomic mass is 32.2. The van der Waals surface area contributed by atoms with E-state index in [0.29, 0.717) is 11.3 Å². The third-order valence-electron chi connectivity index (χ3n) is 4.35. The number of ether oxygens (including phenoxy) is 2. The van der Waals surface area contributed by atoms with Crippen LogP contribution in [-0.4, -0.2) is 23.9 Å². The molecule has 0 fully saturated rings. The number of nitrogens with one attached hydrogen (secondary N) is 1. The molecule has 3 rings (SSSR count). The fourth-order valence-corrected chi connectivity index (χ4v) is 3.51. The minimum absolute atomic E-state index is 0.132. The monoisotopic (exact) mass is 465 g/mol. The number of nitrogen functional groups attached to an aromatic ring is 1. The zero-order chi connectivity index (χ0) is 23.5. The number of alkyl halides is 3. The van der Waals surface area contributed by atoms with Crippen LogP contribution in [0.5, 0.6) is 11.5 Å². The molecule has 0 aliphatic rings. The van der Waals surface area contributed by atoms with Crippen molar-refractivity contribution in [3.63, 3.8) is 0 Å². The first kappa shape index (κ1) is 23.3. The number of hydrogen-bond donors (Lipinski definition) is 3. The minimum atomic E-state index is -4.86. The first-order valence-corrected chi connectivity index (χ1v) is 10.2. The lowest BCUT2D eigenvalue weighted by atomic mass is 10.0. The summed E-state index contributed by atoms with van der Waals surface area (Å²) in [4.78, 5) is 12.8. The zero-order valence-electron chi connectivity index (χ0n) is 16.6. The van der Waals surface area contributed by atoms with Crippen molar-refractivity contribution in [1.29, 1.82) is 0 Å². The van der Waals surface area contributed by atoms with Gasteiger partial charge in [0.2, 0.25) is 4.90 Å². The smallest absolute Gasteiger partial charge is 0.573 e. The summed E-state index contributed by atoms with van der Waals surface area (Å²) in [7, 11) is 1.35. The van der Waals surface area contributed by atoms with Crippen LogP contribution in [0.4, 0.5) is 24.5 Å². The molecule has 1 unspecified atom stereocenters. The maximum atomic E-state index is 12.7. The lowest BCUT2D eigenvalue weighted by Gasteiger charge is -2.15. The molecule has 0 radical (unpaired) electrons. The van der Waals surface area contributed by atoms with Crippen LogP contribution in [-0.2, 0) is 11.4 Å². The van der Waals surface area contributed by atoms with Crippen molar-refractivity contribution in [3.05, 3.63) is 66.2 Å². The number of rotatable bonds is 6. The molecular weight excluding hydrogens is 447 g/mol. The van der Waals surface area contributed by atoms with Crippen molar-refractivity contribution in [1.82, 2.24) is 0 Å². The lowest BCUT2D eigenvalue weighted by molar-refractivity contribution is -0.274. The summed E-state index contributed by atoms with van der Waals surface area (Å²) in [5, 5.41) is 8.01. The number of anilines is 2. The molecule has 168 valence electrons. The Morgan fingerprint density at radius 2 is 1.75 bits per heavy atom. The van der Waals surface area contributed by atoms with Gasteiger partial charge in [0.05, 0.1) is 18.5 Å². The third kappa shape index (κ3) is 5.44. The van der Waals surface area contributed by atoms with E-state index in [-0.39, 0.29) is 27.5 Å². The number of carbonyl (C=O) groups is 1. The molecule has 11 heteroatoms. The first-order valence-electron chi connectivity index (χ1n) is 8.99. The van der Waals surface area contributed by atoms with Gasteiger partial charge in [0.1, 0.15) is 5.75 Å². The van der Waals surface area contributed by atoms with Crippen LogP contribution in [0.3, 0.4) is 0 Å². The van der Waals surface area contributed by atoms with E-state index in [1.165, 1.54) is 61.7 Å². The van der Waals surface area contributed by atoms with Gasteiger partial charge in [-0.3, -0.25) is 4.79 Å². The molecule has 0 saturated carbocycles. The molecule has 3 aromatic carbocycles. The quantitative estimate of drug-likeness (QED) is 0.373. The number of amides is 1. The van der Waals surface area contributed by atoms with E-state index in [1.807, 2.05) is 0 Å². The second-order valence-electron chi connectivity index (χ2n) is 6.46. The van der Waals surface area contributed by atoms with Gasteiger partial charge >= 0.3 is 6.36 Å². The molecule has 5 N–H and O–H groups in total. The highest BCUT2D eigenvalue weighted by molar-refractivity contribution is 7.89. The molecule has 0 aliphatic heterocycles. The summed E-state index contributed by atoms with van der Waals surface area (Å²) < 4.78 is 58.8. The van der Waals surface area contributed by atoms with E-state index in [0.717, 1.165) is 0 Å². The predicted octanol–water partition coefficient (Wildman–Crippen LogP) is 4.08. The molecule has 0 aromatic heterocycles. The van der Waals surface area contributed by atoms with Gasteiger partial charge in [-0.1, -0.05) is 24.3 Å². The number of para-hydroxylation sites is 1. The largest absolute Gasteiger partial charge is 0.593 e. The molecule has 0 bridgehead atoms. The Morgan fingerprint density at radius 1 is 1.03 bits per heavy atom. The Balaban J connectivity index is 1.85. The van der Waals surface area contributed by atoms with Gasteiger partial charge in [-0.2, -0.15) is 0 Å². The molecule has 0 aliphatic carbocycles. The number of benzene rings is 3. The fraction of sp³-hybridized carbons (Fsp3) is 0.0952. The normalized spacial score (nSPS) is 12.2. The van der Waals surface area contributed by atoms with Crippen molar-refractivity contribution in [3.8, 4) is 22.6 Å². The Morgan fingerprint density at radius 3 is 2.38 bits per heavy atom. The van der Waals surface area contributed by atoms with Gasteiger partial charge in [-0.25, -0.2) is 0 Å². The third-order valence-corrected chi connectivity index (χ3v) is 5.13. The molecular formula is C21H18F3N3O4S. The van der Waals surface area contributed by atoms with E-state index in [1.54, 1.807) is 6.07 Å². The Labute approximate surface area is 184 Å². The number of hydrogen-bond acceptors (Lipinski definition) is 6. The van der Waals surface area contributed by atoms with Gasteiger partial charge in [-0.05, 0) is 36.4 Å². The van der Waals surface area contributed by atoms with Crippen molar-refractivity contribution >= 4 is 28.6 Å². The van der Waals surface area contributed by atoms with Gasteiger partial charge in [-0.15, -0.1) is 18.3 Å². The molecule has 0 spiro atoms. The maximum Gasteiger partial charge on any atom is 0.573 e. The topological polar surface area (TPSA) is 123 Å². The predicted molar refractivity (Wildman–Crippen MR) is 115 cm³/mol. The number of halogens is 3. The Kier molecular flexibility index (Phi) is 6.82. The summed E-state index contributed by atoms with van der Waals surface area (Å²) in [5.41, 5.74) is 7.16. The van der Waals surface area contributed by atoms with Crippen molar-refractivity contribution in [2.24, 2.45) is 5.14 Å². The molecule has 32 heavy (non-hydrogen) atoms. The standard InChI is InChI=1S/C21H18F3N3O4S/c1-30-18-10-12(6-9-19(18)32(26)29)20(28)27-13-7-8-14(16(25)11-13)15-4-2-3-5-17(15)31-21(22,23)24/h2-11H,25-26H2,1H3,(H,27,28). The molecule has 3 aromatic rings. The van der Waals surface area contributed by atoms with Crippen LogP contribution < -0.4 is 25.7 Å². The SMILES string of the molecule is COc1cc(C(=O)Nc2ccc(-c3ccccc3OC(F)(F)F)c(N)c2)ccc1[S+](N)[O-]. The average Bonchev–Trinajstić information content (AvgIpc) is 2.73. The molecule has 1 amide bonds. The second kappa shape index (κ2) is 9.39. The summed E-state index contributed by atoms with van der Waals surface area (Å²) >= 11 is -1.79. The average molecular weight is 465 g/mol. The summed E-state index contributed by atoms with van der Waals surface area (Å²) in [6.07, 6.45) is -4.86. The van der Waals surface area contributed by atoms with E-state index < -0.39 is 29.4 Å². The van der Waals surface area contributed by atoms with E-state index in [4.69, 9.17) is 15.6 Å². The van der Waals surface area contributed by atoms with E-state index in [9.17, 15) is 22.5 Å². The van der Waals surface area contributed by atoms with Crippen LogP contribution in [0.1, 0.15) is 10.4 Å². The van der Waals surface area contributed by atoms with E-state index >= 15 is 0 Å². The molecule has 1 atom stereocenters. The lowest BCUT2D eigenvalue weighted by Crippen LogP contribution is -2.17. The fourth-order valence-electron chi connectivity index (χ4n) is 2.97. The molecule has 0 saturated heterocycles. The highest BCUT2D eigenvalue weighted by Gasteiger charge is 2.32. The van der Waals surface area contributed by atoms with Crippen LogP contribution in [0.25, 0.3) is 11.1 Å².